The molecule has 0 amide bonds. The van der Waals surface area contributed by atoms with E-state index in [1.165, 1.54) is 13.8 Å². The summed E-state index contributed by atoms with van der Waals surface area (Å²) in [7, 11) is 0. The van der Waals surface area contributed by atoms with Crippen molar-refractivity contribution in [3.05, 3.63) is 0 Å². The molecule has 0 aliphatic heterocycles. The van der Waals surface area contributed by atoms with Gasteiger partial charge in [0.05, 0.1) is 13.2 Å². The van der Waals surface area contributed by atoms with Crippen LogP contribution in [0.1, 0.15) is 20.8 Å². The number of alkyl halides is 3. The average Bonchev–Trinajstić information content (AvgIpc) is 2.04. The van der Waals surface area contributed by atoms with Gasteiger partial charge in [0.1, 0.15) is 0 Å². The molecule has 0 saturated carbocycles. The van der Waals surface area contributed by atoms with Crippen molar-refractivity contribution in [3.8, 4) is 0 Å². The summed E-state index contributed by atoms with van der Waals surface area (Å²) in [5.41, 5.74) is -3.46. The Bertz CT molecular complexity index is 204. The van der Waals surface area contributed by atoms with Gasteiger partial charge in [-0.25, -0.2) is 9.18 Å². The number of ether oxygens (including phenoxy) is 2. The predicted octanol–water partition coefficient (Wildman–Crippen LogP) is 1.91. The highest BCUT2D eigenvalue weighted by atomic mass is 19.3. The first-order valence-electron chi connectivity index (χ1n) is 4.17. The Hall–Kier alpha value is -0.780. The second-order valence-corrected chi connectivity index (χ2v) is 2.67. The highest BCUT2D eigenvalue weighted by molar-refractivity contribution is 5.80. The molecule has 84 valence electrons. The van der Waals surface area contributed by atoms with Crippen molar-refractivity contribution in [2.75, 3.05) is 13.2 Å². The van der Waals surface area contributed by atoms with E-state index in [2.05, 4.69) is 9.47 Å². The van der Waals surface area contributed by atoms with Gasteiger partial charge in [-0.15, -0.1) is 0 Å². The van der Waals surface area contributed by atoms with Gasteiger partial charge in [0.25, 0.3) is 5.67 Å². The van der Waals surface area contributed by atoms with Crippen molar-refractivity contribution < 1.29 is 27.4 Å². The standard InChI is InChI=1S/C8H13F3O3/c1-4-13-6(12)7(3,9)8(10,11)14-5-2/h4-5H2,1-3H3. The van der Waals surface area contributed by atoms with Crippen LogP contribution in [-0.4, -0.2) is 31.0 Å². The molecule has 0 saturated heterocycles. The van der Waals surface area contributed by atoms with Crippen molar-refractivity contribution in [2.45, 2.75) is 32.5 Å². The molecule has 0 aliphatic rings. The van der Waals surface area contributed by atoms with Gasteiger partial charge >= 0.3 is 12.1 Å². The first-order chi connectivity index (χ1) is 6.29. The number of carbonyl (C=O) groups excluding carboxylic acids is 1. The first-order valence-corrected chi connectivity index (χ1v) is 4.17. The van der Waals surface area contributed by atoms with Gasteiger partial charge in [0, 0.05) is 0 Å². The van der Waals surface area contributed by atoms with E-state index in [9.17, 15) is 18.0 Å². The molecular formula is C8H13F3O3. The van der Waals surface area contributed by atoms with E-state index >= 15 is 0 Å². The molecule has 0 heterocycles. The second-order valence-electron chi connectivity index (χ2n) is 2.67. The SMILES string of the molecule is CCOC(=O)C(C)(F)C(F)(F)OCC. The Morgan fingerprint density at radius 3 is 2.07 bits per heavy atom. The van der Waals surface area contributed by atoms with Crippen LogP contribution in [0.3, 0.4) is 0 Å². The maximum absolute atomic E-state index is 13.3. The van der Waals surface area contributed by atoms with E-state index in [1.54, 1.807) is 0 Å². The molecule has 1 atom stereocenters. The largest absolute Gasteiger partial charge is 0.463 e. The van der Waals surface area contributed by atoms with E-state index in [-0.39, 0.29) is 6.61 Å². The Kier molecular flexibility index (Phi) is 4.38. The van der Waals surface area contributed by atoms with E-state index < -0.39 is 24.4 Å². The van der Waals surface area contributed by atoms with Crippen molar-refractivity contribution in [2.24, 2.45) is 0 Å². The summed E-state index contributed by atoms with van der Waals surface area (Å²) in [6.45, 7) is 2.54. The van der Waals surface area contributed by atoms with Crippen LogP contribution in [0.5, 0.6) is 0 Å². The van der Waals surface area contributed by atoms with Crippen LogP contribution < -0.4 is 0 Å². The number of halogens is 3. The molecule has 6 heteroatoms. The minimum atomic E-state index is -4.17. The molecule has 0 spiro atoms. The summed E-state index contributed by atoms with van der Waals surface area (Å²) in [5, 5.41) is 0. The van der Waals surface area contributed by atoms with Gasteiger partial charge in [0.2, 0.25) is 0 Å². The third-order valence-electron chi connectivity index (χ3n) is 1.53. The number of rotatable bonds is 5. The third kappa shape index (κ3) is 2.60. The Morgan fingerprint density at radius 2 is 1.71 bits per heavy atom. The highest BCUT2D eigenvalue weighted by Crippen LogP contribution is 2.34. The fourth-order valence-corrected chi connectivity index (χ4v) is 0.702. The summed E-state index contributed by atoms with van der Waals surface area (Å²) in [4.78, 5) is 10.8. The summed E-state index contributed by atoms with van der Waals surface area (Å²) < 4.78 is 47.1. The molecule has 14 heavy (non-hydrogen) atoms. The van der Waals surface area contributed by atoms with E-state index in [0.29, 0.717) is 6.92 Å². The smallest absolute Gasteiger partial charge is 0.400 e. The topological polar surface area (TPSA) is 35.5 Å². The molecule has 0 N–H and O–H groups in total. The fourth-order valence-electron chi connectivity index (χ4n) is 0.702. The summed E-state index contributed by atoms with van der Waals surface area (Å²) in [6.07, 6.45) is -4.17. The normalized spacial score (nSPS) is 16.1. The molecule has 0 aromatic carbocycles. The van der Waals surface area contributed by atoms with Gasteiger partial charge in [-0.1, -0.05) is 0 Å². The van der Waals surface area contributed by atoms with Crippen LogP contribution in [0.4, 0.5) is 13.2 Å². The molecule has 0 bridgehead atoms. The van der Waals surface area contributed by atoms with Crippen molar-refractivity contribution >= 4 is 5.97 Å². The van der Waals surface area contributed by atoms with Crippen LogP contribution in [0.15, 0.2) is 0 Å². The lowest BCUT2D eigenvalue weighted by Gasteiger charge is -2.26. The van der Waals surface area contributed by atoms with Crippen LogP contribution in [0.25, 0.3) is 0 Å². The maximum Gasteiger partial charge on any atom is 0.400 e. The van der Waals surface area contributed by atoms with Gasteiger partial charge in [-0.05, 0) is 20.8 Å². The number of hydrogen-bond acceptors (Lipinski definition) is 3. The van der Waals surface area contributed by atoms with Gasteiger partial charge in [-0.3, -0.25) is 0 Å². The number of esters is 1. The second kappa shape index (κ2) is 4.63. The van der Waals surface area contributed by atoms with Gasteiger partial charge in [0.15, 0.2) is 0 Å². The van der Waals surface area contributed by atoms with Crippen molar-refractivity contribution in [1.29, 1.82) is 0 Å². The summed E-state index contributed by atoms with van der Waals surface area (Å²) in [6, 6.07) is 0. The zero-order valence-corrected chi connectivity index (χ0v) is 8.27. The van der Waals surface area contributed by atoms with Crippen molar-refractivity contribution in [1.82, 2.24) is 0 Å². The molecular weight excluding hydrogens is 201 g/mol. The molecule has 0 rings (SSSR count). The Labute approximate surface area is 80.2 Å². The first kappa shape index (κ1) is 13.2. The quantitative estimate of drug-likeness (QED) is 0.656. The number of hydrogen-bond donors (Lipinski definition) is 0. The number of carbonyl (C=O) groups is 1. The van der Waals surface area contributed by atoms with Crippen LogP contribution in [-0.2, 0) is 14.3 Å². The minimum Gasteiger partial charge on any atom is -0.463 e. The maximum atomic E-state index is 13.3. The van der Waals surface area contributed by atoms with Gasteiger partial charge in [-0.2, -0.15) is 8.78 Å². The van der Waals surface area contributed by atoms with E-state index in [4.69, 9.17) is 0 Å². The zero-order valence-electron chi connectivity index (χ0n) is 8.27. The fraction of sp³-hybridized carbons (Fsp3) is 0.875. The molecule has 0 aromatic heterocycles. The minimum absolute atomic E-state index is 0.166. The molecule has 1 unspecified atom stereocenters. The van der Waals surface area contributed by atoms with E-state index in [0.717, 1.165) is 0 Å². The highest BCUT2D eigenvalue weighted by Gasteiger charge is 2.59. The van der Waals surface area contributed by atoms with Crippen LogP contribution in [0.2, 0.25) is 0 Å². The van der Waals surface area contributed by atoms with E-state index in [1.807, 2.05) is 0 Å². The molecule has 0 aliphatic carbocycles. The molecule has 0 radical (unpaired) electrons. The van der Waals surface area contributed by atoms with Gasteiger partial charge < -0.3 is 9.47 Å². The lowest BCUT2D eigenvalue weighted by molar-refractivity contribution is -0.300. The lowest BCUT2D eigenvalue weighted by Crippen LogP contribution is -2.50. The lowest BCUT2D eigenvalue weighted by atomic mass is 10.1. The molecule has 0 fully saturated rings. The van der Waals surface area contributed by atoms with Crippen molar-refractivity contribution in [3.63, 3.8) is 0 Å². The summed E-state index contributed by atoms with van der Waals surface area (Å²) in [5.74, 6) is -1.63. The zero-order chi connectivity index (χ0) is 11.4. The van der Waals surface area contributed by atoms with Crippen LogP contribution >= 0.6 is 0 Å². The predicted molar refractivity (Wildman–Crippen MR) is 42.7 cm³/mol. The Balaban J connectivity index is 4.65. The average molecular weight is 214 g/mol. The van der Waals surface area contributed by atoms with Crippen LogP contribution in [0, 0.1) is 0 Å². The molecule has 3 nitrogen and oxygen atoms in total. The third-order valence-corrected chi connectivity index (χ3v) is 1.53. The Morgan fingerprint density at radius 1 is 1.21 bits per heavy atom. The summed E-state index contributed by atoms with van der Waals surface area (Å²) >= 11 is 0. The molecule has 0 aromatic rings. The monoisotopic (exact) mass is 214 g/mol.